The SMILES string of the molecule is CC(=O)C1CCCN(Cc2nnc(C)n2C)C1. The van der Waals surface area contributed by atoms with Crippen molar-refractivity contribution < 1.29 is 4.79 Å². The quantitative estimate of drug-likeness (QED) is 0.783. The number of rotatable bonds is 3. The normalized spacial score (nSPS) is 21.7. The predicted molar refractivity (Wildman–Crippen MR) is 64.4 cm³/mol. The zero-order valence-corrected chi connectivity index (χ0v) is 10.8. The number of nitrogens with zero attached hydrogens (tertiary/aromatic N) is 4. The van der Waals surface area contributed by atoms with E-state index in [1.54, 1.807) is 6.92 Å². The second-order valence-electron chi connectivity index (χ2n) is 4.91. The Bertz CT molecular complexity index is 413. The summed E-state index contributed by atoms with van der Waals surface area (Å²) in [7, 11) is 1.98. The molecule has 1 aliphatic rings. The second-order valence-corrected chi connectivity index (χ2v) is 4.91. The van der Waals surface area contributed by atoms with Crippen LogP contribution in [0.5, 0.6) is 0 Å². The van der Waals surface area contributed by atoms with Gasteiger partial charge in [0.2, 0.25) is 0 Å². The summed E-state index contributed by atoms with van der Waals surface area (Å²) in [6.45, 7) is 6.35. The molecule has 94 valence electrons. The summed E-state index contributed by atoms with van der Waals surface area (Å²) in [5.41, 5.74) is 0. The maximum absolute atomic E-state index is 11.4. The number of aromatic nitrogens is 3. The van der Waals surface area contributed by atoms with Crippen molar-refractivity contribution >= 4 is 5.78 Å². The summed E-state index contributed by atoms with van der Waals surface area (Å²) in [5, 5.41) is 8.22. The predicted octanol–water partition coefficient (Wildman–Crippen LogP) is 0.925. The molecule has 5 heteroatoms. The lowest BCUT2D eigenvalue weighted by Gasteiger charge is -2.30. The summed E-state index contributed by atoms with van der Waals surface area (Å²) in [6, 6.07) is 0. The van der Waals surface area contributed by atoms with Crippen molar-refractivity contribution in [2.45, 2.75) is 33.2 Å². The Balaban J connectivity index is 1.99. The zero-order chi connectivity index (χ0) is 12.4. The lowest BCUT2D eigenvalue weighted by Crippen LogP contribution is -2.38. The number of ketones is 1. The summed E-state index contributed by atoms with van der Waals surface area (Å²) in [4.78, 5) is 13.7. The molecule has 1 saturated heterocycles. The van der Waals surface area contributed by atoms with E-state index in [1.165, 1.54) is 0 Å². The van der Waals surface area contributed by atoms with Crippen LogP contribution in [0.1, 0.15) is 31.4 Å². The van der Waals surface area contributed by atoms with E-state index in [2.05, 4.69) is 15.1 Å². The smallest absolute Gasteiger partial charge is 0.146 e. The molecule has 0 radical (unpaired) electrons. The van der Waals surface area contributed by atoms with E-state index in [0.29, 0.717) is 5.78 Å². The third-order valence-electron chi connectivity index (χ3n) is 3.63. The lowest BCUT2D eigenvalue weighted by molar-refractivity contribution is -0.122. The Labute approximate surface area is 102 Å². The maximum atomic E-state index is 11.4. The van der Waals surface area contributed by atoms with Crippen LogP contribution in [-0.4, -0.2) is 38.5 Å². The second kappa shape index (κ2) is 4.96. The van der Waals surface area contributed by atoms with Gasteiger partial charge in [0.25, 0.3) is 0 Å². The minimum atomic E-state index is 0.207. The van der Waals surface area contributed by atoms with E-state index >= 15 is 0 Å². The summed E-state index contributed by atoms with van der Waals surface area (Å²) < 4.78 is 2.01. The van der Waals surface area contributed by atoms with Crippen LogP contribution in [0.2, 0.25) is 0 Å². The fourth-order valence-corrected chi connectivity index (χ4v) is 2.32. The molecule has 17 heavy (non-hydrogen) atoms. The molecule has 5 nitrogen and oxygen atoms in total. The molecule has 0 bridgehead atoms. The Morgan fingerprint density at radius 1 is 1.47 bits per heavy atom. The average molecular weight is 236 g/mol. The van der Waals surface area contributed by atoms with Crippen LogP contribution in [0.25, 0.3) is 0 Å². The molecule has 1 aromatic heterocycles. The fraction of sp³-hybridized carbons (Fsp3) is 0.750. The van der Waals surface area contributed by atoms with Gasteiger partial charge in [-0.05, 0) is 33.2 Å². The minimum absolute atomic E-state index is 0.207. The standard InChI is InChI=1S/C12H20N4O/c1-9(17)11-5-4-6-16(7-11)8-12-14-13-10(2)15(12)3/h11H,4-8H2,1-3H3. The Hall–Kier alpha value is -1.23. The van der Waals surface area contributed by atoms with Gasteiger partial charge in [0.15, 0.2) is 0 Å². The van der Waals surface area contributed by atoms with Gasteiger partial charge in [-0.15, -0.1) is 10.2 Å². The molecular weight excluding hydrogens is 216 g/mol. The molecule has 0 aromatic carbocycles. The Morgan fingerprint density at radius 2 is 2.24 bits per heavy atom. The number of likely N-dealkylation sites (tertiary alicyclic amines) is 1. The van der Waals surface area contributed by atoms with Gasteiger partial charge < -0.3 is 4.57 Å². The highest BCUT2D eigenvalue weighted by molar-refractivity contribution is 5.78. The van der Waals surface area contributed by atoms with Crippen LogP contribution in [0.3, 0.4) is 0 Å². The molecule has 1 aliphatic heterocycles. The highest BCUT2D eigenvalue weighted by Gasteiger charge is 2.24. The van der Waals surface area contributed by atoms with Gasteiger partial charge >= 0.3 is 0 Å². The van der Waals surface area contributed by atoms with Gasteiger partial charge in [-0.2, -0.15) is 0 Å². The molecule has 2 rings (SSSR count). The van der Waals surface area contributed by atoms with E-state index in [4.69, 9.17) is 0 Å². The number of hydrogen-bond donors (Lipinski definition) is 0. The van der Waals surface area contributed by atoms with Crippen LogP contribution in [0.15, 0.2) is 0 Å². The molecule has 1 aromatic rings. The first kappa shape index (κ1) is 12.2. The first-order valence-electron chi connectivity index (χ1n) is 6.15. The monoisotopic (exact) mass is 236 g/mol. The topological polar surface area (TPSA) is 51.0 Å². The first-order valence-corrected chi connectivity index (χ1v) is 6.15. The van der Waals surface area contributed by atoms with Crippen molar-refractivity contribution in [1.29, 1.82) is 0 Å². The maximum Gasteiger partial charge on any atom is 0.146 e. The van der Waals surface area contributed by atoms with Crippen LogP contribution < -0.4 is 0 Å². The van der Waals surface area contributed by atoms with Gasteiger partial charge in [0.1, 0.15) is 17.4 Å². The van der Waals surface area contributed by atoms with Crippen molar-refractivity contribution in [3.05, 3.63) is 11.6 Å². The molecule has 1 fully saturated rings. The van der Waals surface area contributed by atoms with Crippen molar-refractivity contribution in [3.8, 4) is 0 Å². The van der Waals surface area contributed by atoms with Gasteiger partial charge in [-0.25, -0.2) is 0 Å². The van der Waals surface area contributed by atoms with Crippen molar-refractivity contribution in [2.75, 3.05) is 13.1 Å². The molecule has 0 saturated carbocycles. The van der Waals surface area contributed by atoms with E-state index < -0.39 is 0 Å². The van der Waals surface area contributed by atoms with Gasteiger partial charge in [-0.3, -0.25) is 9.69 Å². The number of carbonyl (C=O) groups excluding carboxylic acids is 1. The van der Waals surface area contributed by atoms with Crippen LogP contribution in [0.4, 0.5) is 0 Å². The van der Waals surface area contributed by atoms with E-state index in [1.807, 2.05) is 18.5 Å². The number of Topliss-reactive ketones (excluding diaryl/α,β-unsaturated/α-hetero) is 1. The van der Waals surface area contributed by atoms with Crippen molar-refractivity contribution in [3.63, 3.8) is 0 Å². The molecular formula is C12H20N4O. The lowest BCUT2D eigenvalue weighted by atomic mass is 9.95. The molecule has 2 heterocycles. The number of hydrogen-bond acceptors (Lipinski definition) is 4. The largest absolute Gasteiger partial charge is 0.317 e. The molecule has 0 amide bonds. The molecule has 1 unspecified atom stereocenters. The fourth-order valence-electron chi connectivity index (χ4n) is 2.32. The number of piperidine rings is 1. The zero-order valence-electron chi connectivity index (χ0n) is 10.8. The molecule has 0 spiro atoms. The van der Waals surface area contributed by atoms with E-state index in [-0.39, 0.29) is 5.92 Å². The van der Waals surface area contributed by atoms with Crippen LogP contribution >= 0.6 is 0 Å². The molecule has 1 atom stereocenters. The van der Waals surface area contributed by atoms with E-state index in [9.17, 15) is 4.79 Å². The van der Waals surface area contributed by atoms with Crippen molar-refractivity contribution in [1.82, 2.24) is 19.7 Å². The van der Waals surface area contributed by atoms with Crippen LogP contribution in [-0.2, 0) is 18.4 Å². The number of carbonyl (C=O) groups is 1. The van der Waals surface area contributed by atoms with Gasteiger partial charge in [0, 0.05) is 19.5 Å². The van der Waals surface area contributed by atoms with Gasteiger partial charge in [-0.1, -0.05) is 0 Å². The first-order chi connectivity index (χ1) is 8.08. The number of aryl methyl sites for hydroxylation is 1. The highest BCUT2D eigenvalue weighted by atomic mass is 16.1. The summed E-state index contributed by atoms with van der Waals surface area (Å²) in [6.07, 6.45) is 2.13. The third-order valence-corrected chi connectivity index (χ3v) is 3.63. The third kappa shape index (κ3) is 2.72. The average Bonchev–Trinajstić information content (AvgIpc) is 2.61. The van der Waals surface area contributed by atoms with Crippen molar-refractivity contribution in [2.24, 2.45) is 13.0 Å². The highest BCUT2D eigenvalue weighted by Crippen LogP contribution is 2.18. The molecule has 0 N–H and O–H groups in total. The molecule has 0 aliphatic carbocycles. The minimum Gasteiger partial charge on any atom is -0.317 e. The van der Waals surface area contributed by atoms with Crippen LogP contribution in [0, 0.1) is 12.8 Å². The van der Waals surface area contributed by atoms with E-state index in [0.717, 1.165) is 44.1 Å². The summed E-state index contributed by atoms with van der Waals surface area (Å²) >= 11 is 0. The Kier molecular flexibility index (Phi) is 3.57. The van der Waals surface area contributed by atoms with Gasteiger partial charge in [0.05, 0.1) is 6.54 Å². The Morgan fingerprint density at radius 3 is 2.82 bits per heavy atom. The summed E-state index contributed by atoms with van der Waals surface area (Å²) in [5.74, 6) is 2.42.